The Morgan fingerprint density at radius 3 is 3.00 bits per heavy atom. The zero-order valence-corrected chi connectivity index (χ0v) is 8.30. The van der Waals surface area contributed by atoms with Crippen LogP contribution in [0.25, 0.3) is 6.08 Å². The van der Waals surface area contributed by atoms with E-state index in [1.807, 2.05) is 13.0 Å². The second kappa shape index (κ2) is 4.04. The fourth-order valence-corrected chi connectivity index (χ4v) is 1.22. The zero-order valence-electron chi connectivity index (χ0n) is 8.30. The molecule has 0 bridgehead atoms. The molecule has 0 unspecified atom stereocenters. The summed E-state index contributed by atoms with van der Waals surface area (Å²) >= 11 is 0. The van der Waals surface area contributed by atoms with Crippen LogP contribution in [0.15, 0.2) is 35.2 Å². The molecular weight excluding hydrogens is 192 g/mol. The number of cyclic esters (lactones) is 1. The van der Waals surface area contributed by atoms with Gasteiger partial charge in [0, 0.05) is 18.8 Å². The van der Waals surface area contributed by atoms with Gasteiger partial charge in [-0.1, -0.05) is 13.0 Å². The summed E-state index contributed by atoms with van der Waals surface area (Å²) in [6.45, 7) is 1.89. The van der Waals surface area contributed by atoms with Gasteiger partial charge in [-0.15, -0.1) is 0 Å². The first-order valence-electron chi connectivity index (χ1n) is 4.71. The average Bonchev–Trinajstić information content (AvgIpc) is 2.61. The van der Waals surface area contributed by atoms with E-state index in [4.69, 9.17) is 4.74 Å². The Hall–Kier alpha value is -1.97. The maximum atomic E-state index is 11.3. The molecule has 15 heavy (non-hydrogen) atoms. The minimum atomic E-state index is -0.393. The van der Waals surface area contributed by atoms with Crippen LogP contribution in [0.5, 0.6) is 0 Å². The van der Waals surface area contributed by atoms with E-state index < -0.39 is 5.97 Å². The summed E-state index contributed by atoms with van der Waals surface area (Å²) in [5, 5.41) is 0. The average molecular weight is 202 g/mol. The lowest BCUT2D eigenvalue weighted by Crippen LogP contribution is -2.02. The van der Waals surface area contributed by atoms with Gasteiger partial charge in [-0.3, -0.25) is 4.98 Å². The Kier molecular flexibility index (Phi) is 2.58. The van der Waals surface area contributed by atoms with E-state index in [0.717, 1.165) is 5.56 Å². The Balaban J connectivity index is 2.28. The van der Waals surface area contributed by atoms with Crippen molar-refractivity contribution in [2.75, 3.05) is 0 Å². The Morgan fingerprint density at radius 2 is 2.40 bits per heavy atom. The molecule has 0 fully saturated rings. The minimum absolute atomic E-state index is 0.333. The van der Waals surface area contributed by atoms with E-state index in [0.29, 0.717) is 18.0 Å². The molecule has 0 amide bonds. The van der Waals surface area contributed by atoms with Gasteiger partial charge in [0.1, 0.15) is 0 Å². The molecular formula is C11H10N2O2. The van der Waals surface area contributed by atoms with Gasteiger partial charge < -0.3 is 4.74 Å². The number of pyridine rings is 1. The first kappa shape index (κ1) is 9.58. The third kappa shape index (κ3) is 2.10. The van der Waals surface area contributed by atoms with Gasteiger partial charge in [0.2, 0.25) is 0 Å². The molecule has 4 heteroatoms. The SMILES string of the molecule is CCC1=NC(=Cc2cccnc2)C(=O)O1. The fourth-order valence-electron chi connectivity index (χ4n) is 1.22. The van der Waals surface area contributed by atoms with Crippen LogP contribution in [-0.2, 0) is 9.53 Å². The molecule has 1 aliphatic heterocycles. The van der Waals surface area contributed by atoms with Gasteiger partial charge in [0.15, 0.2) is 11.6 Å². The largest absolute Gasteiger partial charge is 0.407 e. The van der Waals surface area contributed by atoms with Crippen molar-refractivity contribution >= 4 is 17.9 Å². The highest BCUT2D eigenvalue weighted by atomic mass is 16.6. The molecule has 1 aromatic heterocycles. The summed E-state index contributed by atoms with van der Waals surface area (Å²) in [7, 11) is 0. The Bertz CT molecular complexity index is 435. The van der Waals surface area contributed by atoms with E-state index in [9.17, 15) is 4.79 Å². The van der Waals surface area contributed by atoms with Gasteiger partial charge in [-0.25, -0.2) is 9.79 Å². The normalized spacial score (nSPS) is 17.8. The number of carbonyl (C=O) groups is 1. The second-order valence-corrected chi connectivity index (χ2v) is 3.06. The number of hydrogen-bond acceptors (Lipinski definition) is 4. The lowest BCUT2D eigenvalue weighted by atomic mass is 10.2. The lowest BCUT2D eigenvalue weighted by Gasteiger charge is -1.92. The summed E-state index contributed by atoms with van der Waals surface area (Å²) in [4.78, 5) is 19.3. The lowest BCUT2D eigenvalue weighted by molar-refractivity contribution is -0.130. The topological polar surface area (TPSA) is 51.5 Å². The van der Waals surface area contributed by atoms with Crippen LogP contribution >= 0.6 is 0 Å². The molecule has 0 radical (unpaired) electrons. The molecule has 0 saturated heterocycles. The summed E-state index contributed by atoms with van der Waals surface area (Å²) in [6.07, 6.45) is 5.63. The Labute approximate surface area is 87.3 Å². The van der Waals surface area contributed by atoms with Gasteiger partial charge >= 0.3 is 5.97 Å². The standard InChI is InChI=1S/C11H10N2O2/c1-2-10-13-9(11(14)15-10)6-8-4-3-5-12-7-8/h3-7H,2H2,1H3. The first-order valence-corrected chi connectivity index (χ1v) is 4.71. The van der Waals surface area contributed by atoms with Crippen molar-refractivity contribution in [2.45, 2.75) is 13.3 Å². The van der Waals surface area contributed by atoms with Crippen molar-refractivity contribution < 1.29 is 9.53 Å². The smallest absolute Gasteiger partial charge is 0.363 e. The van der Waals surface area contributed by atoms with Gasteiger partial charge in [0.25, 0.3) is 0 Å². The number of ether oxygens (including phenoxy) is 1. The highest BCUT2D eigenvalue weighted by Crippen LogP contribution is 2.15. The van der Waals surface area contributed by atoms with E-state index >= 15 is 0 Å². The van der Waals surface area contributed by atoms with Crippen LogP contribution in [0.4, 0.5) is 0 Å². The molecule has 1 aliphatic rings. The molecule has 1 aromatic rings. The van der Waals surface area contributed by atoms with Crippen molar-refractivity contribution in [2.24, 2.45) is 4.99 Å². The summed E-state index contributed by atoms with van der Waals surface area (Å²) in [5.74, 6) is 0.0749. The summed E-state index contributed by atoms with van der Waals surface area (Å²) < 4.78 is 4.92. The number of aliphatic imine (C=N–C) groups is 1. The van der Waals surface area contributed by atoms with Gasteiger partial charge in [-0.05, 0) is 17.7 Å². The summed E-state index contributed by atoms with van der Waals surface area (Å²) in [5.41, 5.74) is 1.17. The Morgan fingerprint density at radius 1 is 1.53 bits per heavy atom. The van der Waals surface area contributed by atoms with Crippen LogP contribution < -0.4 is 0 Å². The molecule has 0 aromatic carbocycles. The van der Waals surface area contributed by atoms with E-state index in [-0.39, 0.29) is 0 Å². The van der Waals surface area contributed by atoms with Crippen LogP contribution in [0.1, 0.15) is 18.9 Å². The molecule has 2 rings (SSSR count). The van der Waals surface area contributed by atoms with Crippen LogP contribution in [0, 0.1) is 0 Å². The third-order valence-corrected chi connectivity index (χ3v) is 1.96. The zero-order chi connectivity index (χ0) is 10.7. The molecule has 0 saturated carbocycles. The van der Waals surface area contributed by atoms with Crippen molar-refractivity contribution in [1.29, 1.82) is 0 Å². The highest BCUT2D eigenvalue weighted by molar-refractivity contribution is 6.07. The number of rotatable bonds is 2. The fraction of sp³-hybridized carbons (Fsp3) is 0.182. The number of nitrogens with zero attached hydrogens (tertiary/aromatic N) is 2. The molecule has 4 nitrogen and oxygen atoms in total. The predicted octanol–water partition coefficient (Wildman–Crippen LogP) is 1.79. The maximum absolute atomic E-state index is 11.3. The molecule has 2 heterocycles. The van der Waals surface area contributed by atoms with Crippen LogP contribution in [0.2, 0.25) is 0 Å². The van der Waals surface area contributed by atoms with Crippen molar-refractivity contribution in [3.8, 4) is 0 Å². The van der Waals surface area contributed by atoms with Crippen molar-refractivity contribution in [3.63, 3.8) is 0 Å². The monoisotopic (exact) mass is 202 g/mol. The third-order valence-electron chi connectivity index (χ3n) is 1.96. The van der Waals surface area contributed by atoms with E-state index in [1.54, 1.807) is 24.5 Å². The van der Waals surface area contributed by atoms with E-state index in [2.05, 4.69) is 9.98 Å². The second-order valence-electron chi connectivity index (χ2n) is 3.06. The molecule has 0 N–H and O–H groups in total. The molecule has 0 aliphatic carbocycles. The maximum Gasteiger partial charge on any atom is 0.363 e. The number of carbonyl (C=O) groups excluding carboxylic acids is 1. The number of aromatic nitrogens is 1. The predicted molar refractivity (Wildman–Crippen MR) is 56.0 cm³/mol. The minimum Gasteiger partial charge on any atom is -0.407 e. The van der Waals surface area contributed by atoms with Crippen LogP contribution in [0.3, 0.4) is 0 Å². The quantitative estimate of drug-likeness (QED) is 0.542. The van der Waals surface area contributed by atoms with E-state index in [1.165, 1.54) is 0 Å². The number of hydrogen-bond donors (Lipinski definition) is 0. The van der Waals surface area contributed by atoms with Crippen molar-refractivity contribution in [1.82, 2.24) is 4.98 Å². The first-order chi connectivity index (χ1) is 7.29. The molecule has 0 atom stereocenters. The summed E-state index contributed by atoms with van der Waals surface area (Å²) in [6, 6.07) is 3.66. The van der Waals surface area contributed by atoms with Gasteiger partial charge in [-0.2, -0.15) is 0 Å². The highest BCUT2D eigenvalue weighted by Gasteiger charge is 2.21. The van der Waals surface area contributed by atoms with Gasteiger partial charge in [0.05, 0.1) is 0 Å². The number of esters is 1. The van der Waals surface area contributed by atoms with Crippen molar-refractivity contribution in [3.05, 3.63) is 35.8 Å². The van der Waals surface area contributed by atoms with Crippen LogP contribution in [-0.4, -0.2) is 16.9 Å². The molecule has 0 spiro atoms. The molecule has 76 valence electrons.